The van der Waals surface area contributed by atoms with Crippen LogP contribution in [-0.2, 0) is 19.1 Å². The molecule has 0 radical (unpaired) electrons. The Morgan fingerprint density at radius 2 is 1.74 bits per heavy atom. The molecule has 2 aliphatic rings. The fraction of sp³-hybridized carbons (Fsp3) is 0.719. The number of hydrogen-bond acceptors (Lipinski definition) is 6. The van der Waals surface area contributed by atoms with Gasteiger partial charge in [-0.2, -0.15) is 0 Å². The Kier molecular flexibility index (Phi) is 11.7. The summed E-state index contributed by atoms with van der Waals surface area (Å²) in [4.78, 5) is 46.4. The van der Waals surface area contributed by atoms with Crippen molar-refractivity contribution in [2.24, 2.45) is 11.8 Å². The molecular weight excluding hydrogens is 619 g/mol. The van der Waals surface area contributed by atoms with Crippen LogP contribution in [0, 0.1) is 17.7 Å². The minimum atomic E-state index is -0.750. The predicted octanol–water partition coefficient (Wildman–Crippen LogP) is 5.03. The highest BCUT2D eigenvalue weighted by Gasteiger charge is 2.46. The van der Waals surface area contributed by atoms with Gasteiger partial charge >= 0.3 is 6.09 Å². The fourth-order valence-corrected chi connectivity index (χ4v) is 6.31. The topological polar surface area (TPSA) is 91.4 Å². The van der Waals surface area contributed by atoms with E-state index in [4.69, 9.17) is 9.47 Å². The molecule has 43 heavy (non-hydrogen) atoms. The molecule has 0 bridgehead atoms. The zero-order chi connectivity index (χ0) is 32.3. The van der Waals surface area contributed by atoms with Gasteiger partial charge < -0.3 is 24.6 Å². The van der Waals surface area contributed by atoms with Gasteiger partial charge in [0, 0.05) is 55.8 Å². The standard InChI is InChI=1S/C32H50BrFN4O5/c1-20(2)14-27(35-30(41)43-32(6,7)8)29(40)36-12-13-38(22(16-36)19-42-9)28(39)25-18-37(31(3,4)5)17-24(25)23-11-10-21(33)15-26(23)34/h10-11,15,20,22,24-25,27H,12-14,16-19H2,1-9H3,(H,35,41)/t22-,24?,25?,27+/m1/s1. The van der Waals surface area contributed by atoms with Gasteiger partial charge in [0.05, 0.1) is 18.6 Å². The number of carbonyl (C=O) groups excluding carboxylic acids is 3. The number of carbonyl (C=O) groups is 3. The Morgan fingerprint density at radius 1 is 1.07 bits per heavy atom. The van der Waals surface area contributed by atoms with Crippen molar-refractivity contribution < 1.29 is 28.2 Å². The fourth-order valence-electron chi connectivity index (χ4n) is 5.98. The molecular formula is C32H50BrFN4O5. The first kappa shape index (κ1) is 35.2. The van der Waals surface area contributed by atoms with Crippen LogP contribution in [0.4, 0.5) is 9.18 Å². The third-order valence-electron chi connectivity index (χ3n) is 8.08. The van der Waals surface area contributed by atoms with Crippen LogP contribution in [-0.4, -0.2) is 102 Å². The third kappa shape index (κ3) is 9.38. The van der Waals surface area contributed by atoms with E-state index in [2.05, 4.69) is 46.9 Å². The third-order valence-corrected chi connectivity index (χ3v) is 8.57. The molecule has 2 saturated heterocycles. The number of alkyl carbamates (subject to hydrolysis) is 1. The zero-order valence-corrected chi connectivity index (χ0v) is 28.8. The Morgan fingerprint density at radius 3 is 2.30 bits per heavy atom. The highest BCUT2D eigenvalue weighted by molar-refractivity contribution is 9.10. The molecule has 1 aromatic rings. The number of nitrogens with one attached hydrogen (secondary N) is 1. The molecule has 9 nitrogen and oxygen atoms in total. The van der Waals surface area contributed by atoms with Crippen LogP contribution >= 0.6 is 15.9 Å². The summed E-state index contributed by atoms with van der Waals surface area (Å²) in [6, 6.07) is 3.91. The van der Waals surface area contributed by atoms with Crippen LogP contribution in [0.2, 0.25) is 0 Å². The van der Waals surface area contributed by atoms with Crippen LogP contribution < -0.4 is 5.32 Å². The molecule has 2 heterocycles. The maximum atomic E-state index is 15.2. The summed E-state index contributed by atoms with van der Waals surface area (Å²) in [5.74, 6) is -1.19. The van der Waals surface area contributed by atoms with E-state index in [1.165, 1.54) is 6.07 Å². The van der Waals surface area contributed by atoms with Crippen molar-refractivity contribution in [1.82, 2.24) is 20.0 Å². The number of hydrogen-bond donors (Lipinski definition) is 1. The van der Waals surface area contributed by atoms with Crippen LogP contribution in [0.5, 0.6) is 0 Å². The number of piperazine rings is 1. The quantitative estimate of drug-likeness (QED) is 0.418. The van der Waals surface area contributed by atoms with Gasteiger partial charge in [0.25, 0.3) is 0 Å². The van der Waals surface area contributed by atoms with Gasteiger partial charge in [0.1, 0.15) is 17.5 Å². The maximum absolute atomic E-state index is 15.2. The molecule has 11 heteroatoms. The van der Waals surface area contributed by atoms with Gasteiger partial charge in [-0.3, -0.25) is 14.5 Å². The molecule has 3 rings (SSSR count). The van der Waals surface area contributed by atoms with E-state index in [-0.39, 0.29) is 54.2 Å². The average Bonchev–Trinajstić information content (AvgIpc) is 3.32. The molecule has 2 unspecified atom stereocenters. The number of rotatable bonds is 8. The summed E-state index contributed by atoms with van der Waals surface area (Å²) in [6.07, 6.45) is -0.179. The predicted molar refractivity (Wildman–Crippen MR) is 168 cm³/mol. The lowest BCUT2D eigenvalue weighted by Gasteiger charge is -2.43. The van der Waals surface area contributed by atoms with Crippen molar-refractivity contribution in [3.8, 4) is 0 Å². The molecule has 3 amide bonds. The number of benzene rings is 1. The summed E-state index contributed by atoms with van der Waals surface area (Å²) in [5.41, 5.74) is -0.344. The first-order valence-corrected chi connectivity index (χ1v) is 16.0. The van der Waals surface area contributed by atoms with Crippen LogP contribution in [0.3, 0.4) is 0 Å². The van der Waals surface area contributed by atoms with E-state index in [1.807, 2.05) is 24.8 Å². The Bertz CT molecular complexity index is 1150. The SMILES string of the molecule is COC[C@H]1CN(C(=O)[C@H](CC(C)C)NC(=O)OC(C)(C)C)CCN1C(=O)C1CN(C(C)(C)C)CC1c1ccc(Br)cc1F. The lowest BCUT2D eigenvalue weighted by Crippen LogP contribution is -2.62. The maximum Gasteiger partial charge on any atom is 0.408 e. The van der Waals surface area contributed by atoms with E-state index in [1.54, 1.807) is 38.8 Å². The van der Waals surface area contributed by atoms with E-state index < -0.39 is 23.7 Å². The second-order valence-electron chi connectivity index (χ2n) is 14.2. The number of amides is 3. The van der Waals surface area contributed by atoms with Gasteiger partial charge in [-0.25, -0.2) is 9.18 Å². The smallest absolute Gasteiger partial charge is 0.408 e. The minimum absolute atomic E-state index is 0.0566. The largest absolute Gasteiger partial charge is 0.444 e. The Balaban J connectivity index is 1.82. The Labute approximate surface area is 264 Å². The molecule has 2 fully saturated rings. The molecule has 0 saturated carbocycles. The zero-order valence-electron chi connectivity index (χ0n) is 27.2. The Hall–Kier alpha value is -2.24. The van der Waals surface area contributed by atoms with Gasteiger partial charge in [-0.1, -0.05) is 35.8 Å². The summed E-state index contributed by atoms with van der Waals surface area (Å²) in [5, 5.41) is 2.77. The summed E-state index contributed by atoms with van der Waals surface area (Å²) >= 11 is 3.34. The normalized spacial score (nSPS) is 22.6. The van der Waals surface area contributed by atoms with E-state index in [0.29, 0.717) is 42.6 Å². The van der Waals surface area contributed by atoms with Crippen molar-refractivity contribution in [3.63, 3.8) is 0 Å². The molecule has 0 spiro atoms. The van der Waals surface area contributed by atoms with Crippen molar-refractivity contribution >= 4 is 33.8 Å². The monoisotopic (exact) mass is 668 g/mol. The van der Waals surface area contributed by atoms with Crippen molar-refractivity contribution in [2.75, 3.05) is 46.4 Å². The van der Waals surface area contributed by atoms with Crippen LogP contribution in [0.25, 0.3) is 0 Å². The second kappa shape index (κ2) is 14.2. The van der Waals surface area contributed by atoms with Gasteiger partial charge in [-0.05, 0) is 71.6 Å². The lowest BCUT2D eigenvalue weighted by atomic mass is 9.87. The van der Waals surface area contributed by atoms with Gasteiger partial charge in [0.2, 0.25) is 11.8 Å². The molecule has 0 aliphatic carbocycles. The first-order valence-electron chi connectivity index (χ1n) is 15.2. The molecule has 0 aromatic heterocycles. The minimum Gasteiger partial charge on any atom is -0.444 e. The van der Waals surface area contributed by atoms with Crippen LogP contribution in [0.15, 0.2) is 22.7 Å². The number of ether oxygens (including phenoxy) is 2. The first-order chi connectivity index (χ1) is 19.9. The summed E-state index contributed by atoms with van der Waals surface area (Å²) < 4.78 is 26.8. The van der Waals surface area contributed by atoms with Gasteiger partial charge in [-0.15, -0.1) is 0 Å². The number of methoxy groups -OCH3 is 1. The van der Waals surface area contributed by atoms with Gasteiger partial charge in [0.15, 0.2) is 0 Å². The molecule has 4 atom stereocenters. The highest BCUT2D eigenvalue weighted by atomic mass is 79.9. The number of nitrogens with zero attached hydrogens (tertiary/aromatic N) is 3. The van der Waals surface area contributed by atoms with E-state index in [0.717, 1.165) is 0 Å². The highest BCUT2D eigenvalue weighted by Crippen LogP contribution is 2.39. The van der Waals surface area contributed by atoms with Crippen molar-refractivity contribution in [1.29, 1.82) is 0 Å². The lowest BCUT2D eigenvalue weighted by molar-refractivity contribution is -0.148. The van der Waals surface area contributed by atoms with E-state index >= 15 is 4.39 Å². The molecule has 1 aromatic carbocycles. The summed E-state index contributed by atoms with van der Waals surface area (Å²) in [7, 11) is 1.58. The average molecular weight is 670 g/mol. The second-order valence-corrected chi connectivity index (χ2v) is 15.1. The van der Waals surface area contributed by atoms with Crippen LogP contribution in [0.1, 0.15) is 73.3 Å². The molecule has 2 aliphatic heterocycles. The molecule has 1 N–H and O–H groups in total. The molecule has 242 valence electrons. The van der Waals surface area contributed by atoms with Crippen molar-refractivity contribution in [2.45, 2.75) is 91.0 Å². The van der Waals surface area contributed by atoms with Crippen molar-refractivity contribution in [3.05, 3.63) is 34.1 Å². The number of halogens is 2. The summed E-state index contributed by atoms with van der Waals surface area (Å²) in [6.45, 7) is 17.9. The van der Waals surface area contributed by atoms with E-state index in [9.17, 15) is 14.4 Å². The number of likely N-dealkylation sites (tertiary alicyclic amines) is 1.